The Morgan fingerprint density at radius 3 is 2.18 bits per heavy atom. The summed E-state index contributed by atoms with van der Waals surface area (Å²) in [5, 5.41) is 4.95. The molecule has 39 heavy (non-hydrogen) atoms. The molecule has 6 N–H and O–H groups in total. The van der Waals surface area contributed by atoms with E-state index < -0.39 is 47.7 Å². The Morgan fingerprint density at radius 2 is 1.64 bits per heavy atom. The summed E-state index contributed by atoms with van der Waals surface area (Å²) in [7, 11) is -6.19. The molecule has 12 heteroatoms. The van der Waals surface area contributed by atoms with Crippen LogP contribution in [0.4, 0.5) is 0 Å². The van der Waals surface area contributed by atoms with Gasteiger partial charge in [-0.1, -0.05) is 76.6 Å². The van der Waals surface area contributed by atoms with Gasteiger partial charge in [-0.05, 0) is 41.5 Å². The van der Waals surface area contributed by atoms with Gasteiger partial charge in [0, 0.05) is 0 Å². The van der Waals surface area contributed by atoms with Crippen LogP contribution in [0.25, 0.3) is 0 Å². The molecule has 2 rings (SSSR count). The highest BCUT2D eigenvalue weighted by atomic mass is 32.2. The Kier molecular flexibility index (Phi) is 12.0. The molecule has 0 aliphatic carbocycles. The summed E-state index contributed by atoms with van der Waals surface area (Å²) in [6, 6.07) is 14.7. The van der Waals surface area contributed by atoms with Crippen molar-refractivity contribution in [3.63, 3.8) is 0 Å². The van der Waals surface area contributed by atoms with Gasteiger partial charge in [0.2, 0.25) is 27.7 Å². The van der Waals surface area contributed by atoms with E-state index in [0.717, 1.165) is 11.1 Å². The third-order valence-corrected chi connectivity index (χ3v) is 9.23. The number of carbonyl (C=O) groups excluding carboxylic acids is 3. The molecule has 0 aliphatic heterocycles. The lowest BCUT2D eigenvalue weighted by Crippen LogP contribution is -2.49. The molecule has 0 spiro atoms. The van der Waals surface area contributed by atoms with Crippen LogP contribution in [-0.2, 0) is 36.2 Å². The molecule has 2 aromatic carbocycles. The first kappa shape index (κ1) is 32.4. The van der Waals surface area contributed by atoms with Gasteiger partial charge in [0.05, 0.1) is 31.5 Å². The summed E-state index contributed by atoms with van der Waals surface area (Å²) in [5.74, 6) is -2.85. The maximum absolute atomic E-state index is 13.3. The SMILES string of the molecule is CCCC(NC(=O)CP(O)C(Cc1ccccc1)NS(=O)(=O)c1ccc(C(C)(C)C)cc1)C(=O)NCC(N)=O. The maximum Gasteiger partial charge on any atom is 0.243 e. The lowest BCUT2D eigenvalue weighted by Gasteiger charge is -2.25. The van der Waals surface area contributed by atoms with Crippen molar-refractivity contribution in [2.24, 2.45) is 5.73 Å². The summed E-state index contributed by atoms with van der Waals surface area (Å²) in [4.78, 5) is 47.3. The quantitative estimate of drug-likeness (QED) is 0.215. The fourth-order valence-corrected chi connectivity index (χ4v) is 6.78. The molecular formula is C27H39N4O6PS. The summed E-state index contributed by atoms with van der Waals surface area (Å²) < 4.78 is 29.1. The van der Waals surface area contributed by atoms with Crippen LogP contribution in [0.5, 0.6) is 0 Å². The van der Waals surface area contributed by atoms with Crippen molar-refractivity contribution in [2.75, 3.05) is 12.7 Å². The molecule has 0 heterocycles. The first-order valence-corrected chi connectivity index (χ1v) is 15.7. The number of hydrogen-bond donors (Lipinski definition) is 5. The number of hydrogen-bond acceptors (Lipinski definition) is 6. The van der Waals surface area contributed by atoms with Crippen molar-refractivity contribution >= 4 is 35.9 Å². The van der Waals surface area contributed by atoms with E-state index in [0.29, 0.717) is 12.8 Å². The van der Waals surface area contributed by atoms with Crippen molar-refractivity contribution in [3.8, 4) is 0 Å². The molecule has 0 radical (unpaired) electrons. The van der Waals surface area contributed by atoms with E-state index >= 15 is 0 Å². The average Bonchev–Trinajstić information content (AvgIpc) is 2.86. The fraction of sp³-hybridized carbons (Fsp3) is 0.444. The van der Waals surface area contributed by atoms with Crippen molar-refractivity contribution in [2.45, 2.75) is 69.1 Å². The Bertz CT molecular complexity index is 1220. The third kappa shape index (κ3) is 10.7. The molecular weight excluding hydrogens is 539 g/mol. The van der Waals surface area contributed by atoms with E-state index in [1.165, 1.54) is 12.1 Å². The van der Waals surface area contributed by atoms with E-state index in [9.17, 15) is 27.7 Å². The maximum atomic E-state index is 13.3. The molecule has 3 atom stereocenters. The molecule has 0 bridgehead atoms. The van der Waals surface area contributed by atoms with Crippen molar-refractivity contribution in [1.29, 1.82) is 0 Å². The standard InChI is InChI=1S/C27H39N4O6PS/c1-5-9-22(26(34)29-17-23(28)32)30-24(33)18-38(35)25(16-19-10-7-6-8-11-19)31-39(36,37)21-14-12-20(13-15-21)27(2,3)4/h6-8,10-15,22,25,31,35H,5,9,16-18H2,1-4H3,(H2,28,32)(H,29,34)(H,30,33). The lowest BCUT2D eigenvalue weighted by atomic mass is 9.87. The van der Waals surface area contributed by atoms with Gasteiger partial charge in [-0.3, -0.25) is 14.4 Å². The Labute approximate surface area is 232 Å². The van der Waals surface area contributed by atoms with Crippen LogP contribution in [0.3, 0.4) is 0 Å². The minimum Gasteiger partial charge on any atom is -0.372 e. The first-order valence-electron chi connectivity index (χ1n) is 12.7. The fourth-order valence-electron chi connectivity index (χ4n) is 3.78. The van der Waals surface area contributed by atoms with Gasteiger partial charge in [-0.2, -0.15) is 0 Å². The minimum atomic E-state index is -4.02. The number of rotatable bonds is 14. The predicted octanol–water partition coefficient (Wildman–Crippen LogP) is 2.11. The zero-order chi connectivity index (χ0) is 29.2. The van der Waals surface area contributed by atoms with Gasteiger partial charge < -0.3 is 21.3 Å². The molecule has 0 aliphatic rings. The van der Waals surface area contributed by atoms with Crippen LogP contribution in [0.15, 0.2) is 59.5 Å². The highest BCUT2D eigenvalue weighted by Crippen LogP contribution is 2.37. The molecule has 10 nitrogen and oxygen atoms in total. The zero-order valence-corrected chi connectivity index (χ0v) is 24.5. The number of primary amides is 1. The Hall–Kier alpha value is -2.85. The number of carbonyl (C=O) groups is 3. The molecule has 0 fully saturated rings. The lowest BCUT2D eigenvalue weighted by molar-refractivity contribution is -0.129. The largest absolute Gasteiger partial charge is 0.372 e. The molecule has 214 valence electrons. The van der Waals surface area contributed by atoms with E-state index in [1.54, 1.807) is 24.3 Å². The van der Waals surface area contributed by atoms with Crippen LogP contribution < -0.4 is 21.1 Å². The van der Waals surface area contributed by atoms with Gasteiger partial charge in [0.15, 0.2) is 0 Å². The van der Waals surface area contributed by atoms with Crippen LogP contribution in [0.2, 0.25) is 0 Å². The highest BCUT2D eigenvalue weighted by Gasteiger charge is 2.30. The second-order valence-electron chi connectivity index (χ2n) is 10.3. The van der Waals surface area contributed by atoms with Gasteiger partial charge >= 0.3 is 0 Å². The highest BCUT2D eigenvalue weighted by molar-refractivity contribution is 7.89. The van der Waals surface area contributed by atoms with E-state index in [2.05, 4.69) is 15.4 Å². The summed E-state index contributed by atoms with van der Waals surface area (Å²) in [6.45, 7) is 7.56. The molecule has 3 unspecified atom stereocenters. The van der Waals surface area contributed by atoms with Gasteiger partial charge in [-0.25, -0.2) is 13.1 Å². The molecule has 0 saturated heterocycles. The van der Waals surface area contributed by atoms with Gasteiger partial charge in [0.1, 0.15) is 6.04 Å². The number of nitrogens with two attached hydrogens (primary N) is 1. The van der Waals surface area contributed by atoms with Crippen molar-refractivity contribution in [1.82, 2.24) is 15.4 Å². The van der Waals surface area contributed by atoms with E-state index in [1.807, 2.05) is 45.9 Å². The number of amides is 3. The van der Waals surface area contributed by atoms with E-state index in [4.69, 9.17) is 5.73 Å². The minimum absolute atomic E-state index is 0.0514. The molecule has 0 aromatic heterocycles. The molecule has 2 aromatic rings. The second kappa shape index (κ2) is 14.5. The van der Waals surface area contributed by atoms with Gasteiger partial charge in [0.25, 0.3) is 0 Å². The summed E-state index contributed by atoms with van der Waals surface area (Å²) in [5.41, 5.74) is 6.68. The van der Waals surface area contributed by atoms with Crippen LogP contribution >= 0.6 is 8.15 Å². The summed E-state index contributed by atoms with van der Waals surface area (Å²) in [6.07, 6.45) is 0.659. The smallest absolute Gasteiger partial charge is 0.243 e. The third-order valence-electron chi connectivity index (χ3n) is 5.92. The Morgan fingerprint density at radius 1 is 1.03 bits per heavy atom. The zero-order valence-electron chi connectivity index (χ0n) is 22.8. The molecule has 0 saturated carbocycles. The number of sulfonamides is 1. The molecule has 3 amide bonds. The Balaban J connectivity index is 2.20. The average molecular weight is 579 g/mol. The number of benzene rings is 2. The monoisotopic (exact) mass is 578 g/mol. The predicted molar refractivity (Wildman–Crippen MR) is 152 cm³/mol. The van der Waals surface area contributed by atoms with Gasteiger partial charge in [-0.15, -0.1) is 0 Å². The van der Waals surface area contributed by atoms with Crippen LogP contribution in [0, 0.1) is 0 Å². The summed E-state index contributed by atoms with van der Waals surface area (Å²) >= 11 is 0. The van der Waals surface area contributed by atoms with Crippen LogP contribution in [-0.4, -0.2) is 55.6 Å². The number of nitrogens with one attached hydrogen (secondary N) is 3. The first-order chi connectivity index (χ1) is 18.2. The normalized spacial score (nSPS) is 14.2. The van der Waals surface area contributed by atoms with Crippen LogP contribution in [0.1, 0.15) is 51.7 Å². The van der Waals surface area contributed by atoms with E-state index in [-0.39, 0.29) is 29.4 Å². The van der Waals surface area contributed by atoms with Crippen molar-refractivity contribution < 1.29 is 27.7 Å². The second-order valence-corrected chi connectivity index (χ2v) is 13.8. The topological polar surface area (TPSA) is 168 Å². The van der Waals surface area contributed by atoms with Crippen molar-refractivity contribution in [3.05, 3.63) is 65.7 Å².